The van der Waals surface area contributed by atoms with E-state index in [4.69, 9.17) is 14.2 Å². The number of unbranched alkanes of at least 4 members (excludes halogenated alkanes) is 3. The number of nitrogens with zero attached hydrogens (tertiary/aromatic N) is 1. The number of ether oxygens (including phenoxy) is 3. The van der Waals surface area contributed by atoms with Crippen LogP contribution in [-0.2, 0) is 22.3 Å². The summed E-state index contributed by atoms with van der Waals surface area (Å²) in [6.45, 7) is 6.29. The first kappa shape index (κ1) is 40.8. The Morgan fingerprint density at radius 1 is 0.450 bits per heavy atom. The Balaban J connectivity index is 0.926. The smallest absolute Gasteiger partial charge is 0.119 e. The van der Waals surface area contributed by atoms with Gasteiger partial charge in [0.25, 0.3) is 0 Å². The van der Waals surface area contributed by atoms with E-state index in [1.807, 2.05) is 0 Å². The maximum atomic E-state index is 6.21. The topological polar surface area (TPSA) is 30.9 Å². The van der Waals surface area contributed by atoms with E-state index in [0.29, 0.717) is 6.61 Å². The van der Waals surface area contributed by atoms with Gasteiger partial charge < -0.3 is 19.1 Å². The molecular weight excluding hydrogens is 735 g/mol. The third kappa shape index (κ3) is 10.8. The van der Waals surface area contributed by atoms with Crippen LogP contribution in [0.3, 0.4) is 0 Å². The molecule has 0 amide bonds. The van der Waals surface area contributed by atoms with Crippen LogP contribution in [0.2, 0.25) is 0 Å². The maximum absolute atomic E-state index is 6.21. The van der Waals surface area contributed by atoms with Crippen LogP contribution in [0, 0.1) is 5.41 Å². The Morgan fingerprint density at radius 3 is 1.27 bits per heavy atom. The van der Waals surface area contributed by atoms with Crippen LogP contribution >= 0.6 is 0 Å². The maximum Gasteiger partial charge on any atom is 0.119 e. The van der Waals surface area contributed by atoms with Crippen LogP contribution in [0.15, 0.2) is 182 Å². The molecule has 8 rings (SSSR count). The Labute approximate surface area is 357 Å². The average Bonchev–Trinajstić information content (AvgIpc) is 3.29. The molecule has 304 valence electrons. The highest BCUT2D eigenvalue weighted by Gasteiger charge is 2.36. The van der Waals surface area contributed by atoms with Crippen molar-refractivity contribution in [2.75, 3.05) is 37.9 Å². The molecular formula is C56H57NO3. The van der Waals surface area contributed by atoms with Gasteiger partial charge in [0.1, 0.15) is 5.75 Å². The van der Waals surface area contributed by atoms with Gasteiger partial charge in [-0.15, -0.1) is 0 Å². The molecule has 0 N–H and O–H groups in total. The molecule has 0 bridgehead atoms. The minimum absolute atomic E-state index is 0.267. The van der Waals surface area contributed by atoms with Gasteiger partial charge in [0.2, 0.25) is 0 Å². The fraction of sp³-hybridized carbons (Fsp3) is 0.250. The third-order valence-electron chi connectivity index (χ3n) is 11.8. The zero-order chi connectivity index (χ0) is 40.8. The van der Waals surface area contributed by atoms with E-state index in [1.165, 1.54) is 44.5 Å². The first-order valence-electron chi connectivity index (χ1n) is 21.8. The summed E-state index contributed by atoms with van der Waals surface area (Å²) in [6, 6.07) is 65.6. The third-order valence-corrected chi connectivity index (χ3v) is 11.8. The molecule has 4 heteroatoms. The highest BCUT2D eigenvalue weighted by molar-refractivity contribution is 5.80. The van der Waals surface area contributed by atoms with E-state index in [2.05, 4.69) is 194 Å². The van der Waals surface area contributed by atoms with Crippen molar-refractivity contribution in [3.8, 4) is 28.0 Å². The molecule has 7 aromatic rings. The fourth-order valence-corrected chi connectivity index (χ4v) is 7.96. The van der Waals surface area contributed by atoms with Gasteiger partial charge in [0, 0.05) is 29.1 Å². The lowest BCUT2D eigenvalue weighted by Crippen LogP contribution is -2.45. The predicted molar refractivity (Wildman–Crippen MR) is 249 cm³/mol. The molecule has 60 heavy (non-hydrogen) atoms. The van der Waals surface area contributed by atoms with Gasteiger partial charge in [-0.1, -0.05) is 147 Å². The highest BCUT2D eigenvalue weighted by atomic mass is 16.5. The molecule has 1 saturated heterocycles. The van der Waals surface area contributed by atoms with Crippen LogP contribution in [0.1, 0.15) is 61.3 Å². The van der Waals surface area contributed by atoms with Crippen LogP contribution in [0.4, 0.5) is 17.1 Å². The normalized spacial score (nSPS) is 13.1. The Bertz CT molecular complexity index is 2180. The molecule has 1 aliphatic rings. The number of benzene rings is 7. The van der Waals surface area contributed by atoms with Crippen LogP contribution in [-0.4, -0.2) is 33.0 Å². The van der Waals surface area contributed by atoms with Crippen molar-refractivity contribution in [3.63, 3.8) is 0 Å². The highest BCUT2D eigenvalue weighted by Crippen LogP contribution is 2.38. The molecule has 1 fully saturated rings. The van der Waals surface area contributed by atoms with Crippen LogP contribution < -0.4 is 9.64 Å². The molecule has 1 aliphatic heterocycles. The number of hydrogen-bond donors (Lipinski definition) is 0. The number of rotatable bonds is 20. The van der Waals surface area contributed by atoms with Crippen molar-refractivity contribution in [1.82, 2.24) is 0 Å². The summed E-state index contributed by atoms with van der Waals surface area (Å²) in [6.07, 6.45) is 7.41. The zero-order valence-electron chi connectivity index (χ0n) is 35.0. The van der Waals surface area contributed by atoms with Crippen LogP contribution in [0.5, 0.6) is 5.75 Å². The monoisotopic (exact) mass is 791 g/mol. The van der Waals surface area contributed by atoms with E-state index in [0.717, 1.165) is 94.2 Å². The van der Waals surface area contributed by atoms with E-state index < -0.39 is 0 Å². The minimum Gasteiger partial charge on any atom is -0.494 e. The molecule has 0 atom stereocenters. The Kier molecular flexibility index (Phi) is 13.8. The fourth-order valence-electron chi connectivity index (χ4n) is 7.96. The largest absolute Gasteiger partial charge is 0.494 e. The van der Waals surface area contributed by atoms with Gasteiger partial charge in [-0.25, -0.2) is 0 Å². The van der Waals surface area contributed by atoms with Gasteiger partial charge >= 0.3 is 0 Å². The summed E-state index contributed by atoms with van der Waals surface area (Å²) in [4.78, 5) is 2.33. The van der Waals surface area contributed by atoms with Crippen LogP contribution in [0.25, 0.3) is 22.3 Å². The standard InChI is InChI=1S/C56H57NO3/c1-2-56(42-59-43-56)41-58-37-11-3-4-12-38-60-55-35-33-54(34-36-55)57(52-29-25-50(26-30-52)48-21-17-46(18-22-48)39-44-13-7-5-8-14-44)53-31-27-51(28-32-53)49-23-19-47(20-24-49)40-45-15-9-6-10-16-45/h5-10,13-36H,2-4,11-12,37-43H2,1H3. The lowest BCUT2D eigenvalue weighted by Gasteiger charge is -2.40. The summed E-state index contributed by atoms with van der Waals surface area (Å²) in [7, 11) is 0. The zero-order valence-corrected chi connectivity index (χ0v) is 35.0. The minimum atomic E-state index is 0.267. The van der Waals surface area contributed by atoms with E-state index in [-0.39, 0.29) is 5.41 Å². The van der Waals surface area contributed by atoms with Gasteiger partial charge in [0.15, 0.2) is 0 Å². The number of anilines is 3. The van der Waals surface area contributed by atoms with Crippen molar-refractivity contribution in [2.24, 2.45) is 5.41 Å². The van der Waals surface area contributed by atoms with Gasteiger partial charge in [-0.3, -0.25) is 0 Å². The van der Waals surface area contributed by atoms with Gasteiger partial charge in [0.05, 0.1) is 26.4 Å². The van der Waals surface area contributed by atoms with Crippen molar-refractivity contribution in [3.05, 3.63) is 204 Å². The summed E-state index contributed by atoms with van der Waals surface area (Å²) in [5.41, 5.74) is 13.6. The van der Waals surface area contributed by atoms with Crippen molar-refractivity contribution in [2.45, 2.75) is 51.9 Å². The molecule has 1 heterocycles. The van der Waals surface area contributed by atoms with Gasteiger partial charge in [-0.05, 0) is 132 Å². The number of hydrogen-bond acceptors (Lipinski definition) is 4. The first-order valence-corrected chi connectivity index (χ1v) is 21.8. The predicted octanol–water partition coefficient (Wildman–Crippen LogP) is 14.1. The second kappa shape index (κ2) is 20.4. The summed E-state index contributed by atoms with van der Waals surface area (Å²) in [5, 5.41) is 0. The molecule has 4 nitrogen and oxygen atoms in total. The summed E-state index contributed by atoms with van der Waals surface area (Å²) >= 11 is 0. The Hall–Kier alpha value is -5.94. The Morgan fingerprint density at radius 2 is 0.850 bits per heavy atom. The molecule has 0 aromatic heterocycles. The molecule has 0 spiro atoms. The lowest BCUT2D eigenvalue weighted by atomic mass is 9.84. The SMILES string of the molecule is CCC1(COCCCCCCOc2ccc(N(c3ccc(-c4ccc(Cc5ccccc5)cc4)cc3)c3ccc(-c4ccc(Cc5ccccc5)cc4)cc3)cc2)COC1. The van der Waals surface area contributed by atoms with E-state index in [1.54, 1.807) is 0 Å². The van der Waals surface area contributed by atoms with Gasteiger partial charge in [-0.2, -0.15) is 0 Å². The molecule has 7 aromatic carbocycles. The lowest BCUT2D eigenvalue weighted by molar-refractivity contribution is -0.150. The van der Waals surface area contributed by atoms with Crippen molar-refractivity contribution >= 4 is 17.1 Å². The molecule has 0 radical (unpaired) electrons. The van der Waals surface area contributed by atoms with E-state index in [9.17, 15) is 0 Å². The molecule has 0 aliphatic carbocycles. The second-order valence-corrected chi connectivity index (χ2v) is 16.3. The first-order chi connectivity index (χ1) is 29.6. The molecule has 0 saturated carbocycles. The summed E-state index contributed by atoms with van der Waals surface area (Å²) < 4.78 is 17.6. The summed E-state index contributed by atoms with van der Waals surface area (Å²) in [5.74, 6) is 0.895. The van der Waals surface area contributed by atoms with E-state index >= 15 is 0 Å². The van der Waals surface area contributed by atoms with Crippen molar-refractivity contribution < 1.29 is 14.2 Å². The van der Waals surface area contributed by atoms with Crippen molar-refractivity contribution in [1.29, 1.82) is 0 Å². The molecule has 0 unspecified atom stereocenters. The second-order valence-electron chi connectivity index (χ2n) is 16.3. The quantitative estimate of drug-likeness (QED) is 0.0720. The average molecular weight is 792 g/mol.